The smallest absolute Gasteiger partial charge is 0.159 e. The Balaban J connectivity index is 1.74. The van der Waals surface area contributed by atoms with Gasteiger partial charge in [0, 0.05) is 38.3 Å². The summed E-state index contributed by atoms with van der Waals surface area (Å²) in [4.78, 5) is 7.01. The van der Waals surface area contributed by atoms with Crippen LogP contribution >= 0.6 is 0 Å². The van der Waals surface area contributed by atoms with Crippen LogP contribution < -0.4 is 21.3 Å². The number of fused-ring (bicyclic) bond motifs is 1. The molecule has 1 saturated heterocycles. The first-order chi connectivity index (χ1) is 11.7. The summed E-state index contributed by atoms with van der Waals surface area (Å²) in [5, 5.41) is 11.1. The number of nitrogens with one attached hydrogen (secondary N) is 2. The molecule has 3 heterocycles. The highest BCUT2D eigenvalue weighted by molar-refractivity contribution is 5.73. The van der Waals surface area contributed by atoms with E-state index in [1.807, 2.05) is 37.3 Å². The Kier molecular flexibility index (Phi) is 3.70. The first kappa shape index (κ1) is 14.8. The second kappa shape index (κ2) is 6.01. The Morgan fingerprint density at radius 2 is 2.00 bits per heavy atom. The SMILES string of the molecule is Cc1ccc(Nc2cc(N3CCNCC3)nc3ccnn23)c(N)c1. The van der Waals surface area contributed by atoms with E-state index in [-0.39, 0.29) is 0 Å². The van der Waals surface area contributed by atoms with Crippen LogP contribution in [-0.2, 0) is 0 Å². The Morgan fingerprint density at radius 1 is 1.17 bits per heavy atom. The highest BCUT2D eigenvalue weighted by Crippen LogP contribution is 2.26. The Hall–Kier alpha value is -2.80. The third-order valence-electron chi connectivity index (χ3n) is 4.26. The quantitative estimate of drug-likeness (QED) is 0.637. The van der Waals surface area contributed by atoms with Gasteiger partial charge in [0.2, 0.25) is 0 Å². The fourth-order valence-electron chi connectivity index (χ4n) is 2.98. The molecule has 0 radical (unpaired) electrons. The summed E-state index contributed by atoms with van der Waals surface area (Å²) in [6, 6.07) is 9.93. The molecule has 7 nitrogen and oxygen atoms in total. The molecule has 1 aromatic carbocycles. The molecule has 3 aromatic rings. The molecule has 0 spiro atoms. The molecule has 24 heavy (non-hydrogen) atoms. The van der Waals surface area contributed by atoms with Gasteiger partial charge in [-0.05, 0) is 24.6 Å². The number of rotatable bonds is 3. The lowest BCUT2D eigenvalue weighted by Gasteiger charge is -2.28. The number of anilines is 4. The summed E-state index contributed by atoms with van der Waals surface area (Å²) in [5.74, 6) is 1.81. The average Bonchev–Trinajstić information content (AvgIpc) is 3.07. The number of nitrogens with zero attached hydrogens (tertiary/aromatic N) is 4. The molecule has 0 unspecified atom stereocenters. The standard InChI is InChI=1S/C17H21N7/c1-12-2-3-14(13(18)10-12)21-17-11-16(23-8-6-19-7-9-23)22-15-4-5-20-24(15)17/h2-5,10-11,19,21H,6-9,18H2,1H3. The highest BCUT2D eigenvalue weighted by atomic mass is 15.3. The molecule has 1 aliphatic heterocycles. The van der Waals surface area contributed by atoms with Gasteiger partial charge in [-0.2, -0.15) is 9.61 Å². The summed E-state index contributed by atoms with van der Waals surface area (Å²) < 4.78 is 1.80. The lowest BCUT2D eigenvalue weighted by molar-refractivity contribution is 0.585. The maximum atomic E-state index is 6.14. The molecule has 0 saturated carbocycles. The predicted octanol–water partition coefficient (Wildman–Crippen LogP) is 1.77. The van der Waals surface area contributed by atoms with Crippen LogP contribution in [0.5, 0.6) is 0 Å². The van der Waals surface area contributed by atoms with Crippen LogP contribution in [0.2, 0.25) is 0 Å². The topological polar surface area (TPSA) is 83.5 Å². The number of hydrogen-bond acceptors (Lipinski definition) is 6. The van der Waals surface area contributed by atoms with Gasteiger partial charge < -0.3 is 21.3 Å². The Bertz CT molecular complexity index is 865. The van der Waals surface area contributed by atoms with Crippen LogP contribution in [0.4, 0.5) is 23.0 Å². The van der Waals surface area contributed by atoms with Crippen LogP contribution in [-0.4, -0.2) is 40.8 Å². The van der Waals surface area contributed by atoms with Crippen LogP contribution in [0.25, 0.3) is 5.65 Å². The number of benzene rings is 1. The normalized spacial score (nSPS) is 15.0. The van der Waals surface area contributed by atoms with Gasteiger partial charge in [0.1, 0.15) is 11.6 Å². The summed E-state index contributed by atoms with van der Waals surface area (Å²) in [6.45, 7) is 5.87. The van der Waals surface area contributed by atoms with E-state index < -0.39 is 0 Å². The van der Waals surface area contributed by atoms with Gasteiger partial charge in [-0.1, -0.05) is 6.07 Å². The third kappa shape index (κ3) is 2.74. The molecule has 1 aliphatic rings. The van der Waals surface area contributed by atoms with E-state index in [1.165, 1.54) is 0 Å². The van der Waals surface area contributed by atoms with Crippen LogP contribution in [0.3, 0.4) is 0 Å². The van der Waals surface area contributed by atoms with Gasteiger partial charge in [0.25, 0.3) is 0 Å². The number of aromatic nitrogens is 3. The molecule has 4 rings (SSSR count). The van der Waals surface area contributed by atoms with Gasteiger partial charge in [-0.3, -0.25) is 0 Å². The van der Waals surface area contributed by atoms with Gasteiger partial charge in [0.15, 0.2) is 5.65 Å². The lowest BCUT2D eigenvalue weighted by Crippen LogP contribution is -2.44. The van der Waals surface area contributed by atoms with E-state index in [9.17, 15) is 0 Å². The van der Waals surface area contributed by atoms with Gasteiger partial charge in [0.05, 0.1) is 17.6 Å². The van der Waals surface area contributed by atoms with Gasteiger partial charge >= 0.3 is 0 Å². The zero-order valence-electron chi connectivity index (χ0n) is 13.7. The molecule has 0 atom stereocenters. The summed E-state index contributed by atoms with van der Waals surface area (Å²) in [7, 11) is 0. The first-order valence-corrected chi connectivity index (χ1v) is 8.14. The van der Waals surface area contributed by atoms with Crippen LogP contribution in [0.15, 0.2) is 36.5 Å². The molecule has 0 bridgehead atoms. The van der Waals surface area contributed by atoms with Gasteiger partial charge in [-0.25, -0.2) is 4.98 Å². The number of nitrogens with two attached hydrogens (primary N) is 1. The molecule has 7 heteroatoms. The van der Waals surface area contributed by atoms with E-state index >= 15 is 0 Å². The molecule has 0 amide bonds. The fourth-order valence-corrected chi connectivity index (χ4v) is 2.98. The van der Waals surface area contributed by atoms with E-state index in [4.69, 9.17) is 10.7 Å². The molecular weight excluding hydrogens is 302 g/mol. The van der Waals surface area contributed by atoms with Crippen molar-refractivity contribution in [3.8, 4) is 0 Å². The predicted molar refractivity (Wildman–Crippen MR) is 96.9 cm³/mol. The van der Waals surface area contributed by atoms with E-state index in [0.29, 0.717) is 0 Å². The minimum atomic E-state index is 0.718. The molecule has 2 aromatic heterocycles. The van der Waals surface area contributed by atoms with Crippen molar-refractivity contribution in [3.63, 3.8) is 0 Å². The largest absolute Gasteiger partial charge is 0.397 e. The minimum absolute atomic E-state index is 0.718. The zero-order chi connectivity index (χ0) is 16.5. The summed E-state index contributed by atoms with van der Waals surface area (Å²) >= 11 is 0. The second-order valence-corrected chi connectivity index (χ2v) is 6.05. The second-order valence-electron chi connectivity index (χ2n) is 6.05. The highest BCUT2D eigenvalue weighted by Gasteiger charge is 2.15. The summed E-state index contributed by atoms with van der Waals surface area (Å²) in [5.41, 5.74) is 9.69. The number of nitrogen functional groups attached to an aromatic ring is 1. The lowest BCUT2D eigenvalue weighted by atomic mass is 10.2. The van der Waals surface area contributed by atoms with Crippen molar-refractivity contribution in [1.82, 2.24) is 19.9 Å². The zero-order valence-corrected chi connectivity index (χ0v) is 13.7. The third-order valence-corrected chi connectivity index (χ3v) is 4.26. The van der Waals surface area contributed by atoms with Crippen molar-refractivity contribution >= 4 is 28.7 Å². The van der Waals surface area contributed by atoms with Gasteiger partial charge in [-0.15, -0.1) is 0 Å². The molecular formula is C17H21N7. The number of aryl methyl sites for hydroxylation is 1. The molecule has 0 aliphatic carbocycles. The minimum Gasteiger partial charge on any atom is -0.397 e. The molecule has 1 fully saturated rings. The van der Waals surface area contributed by atoms with Crippen molar-refractivity contribution in [3.05, 3.63) is 42.1 Å². The van der Waals surface area contributed by atoms with E-state index in [0.717, 1.165) is 60.4 Å². The summed E-state index contributed by atoms with van der Waals surface area (Å²) in [6.07, 6.45) is 1.76. The maximum Gasteiger partial charge on any atom is 0.159 e. The van der Waals surface area contributed by atoms with Crippen molar-refractivity contribution in [1.29, 1.82) is 0 Å². The van der Waals surface area contributed by atoms with E-state index in [2.05, 4.69) is 20.6 Å². The Labute approximate surface area is 140 Å². The van der Waals surface area contributed by atoms with Crippen molar-refractivity contribution in [2.24, 2.45) is 0 Å². The van der Waals surface area contributed by atoms with Crippen molar-refractivity contribution in [2.75, 3.05) is 42.1 Å². The van der Waals surface area contributed by atoms with Crippen LogP contribution in [0.1, 0.15) is 5.56 Å². The molecule has 4 N–H and O–H groups in total. The average molecular weight is 323 g/mol. The monoisotopic (exact) mass is 323 g/mol. The maximum absolute atomic E-state index is 6.14. The van der Waals surface area contributed by atoms with Crippen molar-refractivity contribution in [2.45, 2.75) is 6.92 Å². The molecule has 124 valence electrons. The first-order valence-electron chi connectivity index (χ1n) is 8.14. The van der Waals surface area contributed by atoms with E-state index in [1.54, 1.807) is 10.7 Å². The van der Waals surface area contributed by atoms with Crippen LogP contribution in [0, 0.1) is 6.92 Å². The van der Waals surface area contributed by atoms with Crippen molar-refractivity contribution < 1.29 is 0 Å². The number of hydrogen-bond donors (Lipinski definition) is 3. The Morgan fingerprint density at radius 3 is 2.79 bits per heavy atom. The fraction of sp³-hybridized carbons (Fsp3) is 0.294. The number of piperazine rings is 1.